The van der Waals surface area contributed by atoms with E-state index in [0.29, 0.717) is 4.88 Å². The van der Waals surface area contributed by atoms with Crippen LogP contribution in [-0.4, -0.2) is 5.11 Å². The predicted molar refractivity (Wildman–Crippen MR) is 67.2 cm³/mol. The summed E-state index contributed by atoms with van der Waals surface area (Å²) in [4.78, 5) is 1.56. The number of hydrogen-bond donors (Lipinski definition) is 1. The first-order valence-corrected chi connectivity index (χ1v) is 6.49. The molecule has 17 heavy (non-hydrogen) atoms. The highest BCUT2D eigenvalue weighted by Gasteiger charge is 2.19. The molecule has 90 valence electrons. The molecule has 1 unspecified atom stereocenters. The van der Waals surface area contributed by atoms with Gasteiger partial charge in [-0.05, 0) is 35.0 Å². The smallest absolute Gasteiger partial charge is 0.164 e. The second-order valence-electron chi connectivity index (χ2n) is 3.60. The van der Waals surface area contributed by atoms with Gasteiger partial charge in [-0.2, -0.15) is 0 Å². The molecule has 0 saturated heterocycles. The van der Waals surface area contributed by atoms with E-state index in [9.17, 15) is 13.9 Å². The first kappa shape index (κ1) is 12.7. The largest absolute Gasteiger partial charge is 0.383 e. The topological polar surface area (TPSA) is 20.2 Å². The molecule has 2 aromatic rings. The van der Waals surface area contributed by atoms with E-state index in [2.05, 4.69) is 15.9 Å². The van der Waals surface area contributed by atoms with E-state index in [-0.39, 0.29) is 5.56 Å². The molecule has 0 spiro atoms. The van der Waals surface area contributed by atoms with Gasteiger partial charge < -0.3 is 5.11 Å². The fraction of sp³-hybridized carbons (Fsp3) is 0.167. The van der Waals surface area contributed by atoms with Gasteiger partial charge in [0.2, 0.25) is 0 Å². The molecule has 0 aliphatic carbocycles. The molecule has 0 bridgehead atoms. The first-order chi connectivity index (χ1) is 8.00. The summed E-state index contributed by atoms with van der Waals surface area (Å²) in [7, 11) is 0. The van der Waals surface area contributed by atoms with Crippen molar-refractivity contribution in [1.29, 1.82) is 0 Å². The third-order valence-corrected chi connectivity index (χ3v) is 4.61. The Labute approximate surface area is 110 Å². The number of thiophene rings is 1. The van der Waals surface area contributed by atoms with Crippen LogP contribution >= 0.6 is 27.3 Å². The highest BCUT2D eigenvalue weighted by Crippen LogP contribution is 2.34. The van der Waals surface area contributed by atoms with Crippen LogP contribution in [0.5, 0.6) is 0 Å². The molecular formula is C12H9BrF2OS. The van der Waals surface area contributed by atoms with Crippen LogP contribution in [0.15, 0.2) is 28.7 Å². The van der Waals surface area contributed by atoms with Gasteiger partial charge >= 0.3 is 0 Å². The van der Waals surface area contributed by atoms with Crippen LogP contribution in [0.4, 0.5) is 8.78 Å². The summed E-state index contributed by atoms with van der Waals surface area (Å²) in [6.07, 6.45) is -1.14. The Kier molecular flexibility index (Phi) is 3.61. The maximum absolute atomic E-state index is 13.5. The van der Waals surface area contributed by atoms with Crippen molar-refractivity contribution < 1.29 is 13.9 Å². The molecule has 0 amide bonds. The van der Waals surface area contributed by atoms with Crippen LogP contribution < -0.4 is 0 Å². The van der Waals surface area contributed by atoms with Crippen molar-refractivity contribution in [2.24, 2.45) is 0 Å². The van der Waals surface area contributed by atoms with Gasteiger partial charge in [-0.1, -0.05) is 12.1 Å². The lowest BCUT2D eigenvalue weighted by Gasteiger charge is -2.10. The van der Waals surface area contributed by atoms with E-state index in [1.54, 1.807) is 6.07 Å². The van der Waals surface area contributed by atoms with E-state index >= 15 is 0 Å². The summed E-state index contributed by atoms with van der Waals surface area (Å²) in [6, 6.07) is 5.51. The summed E-state index contributed by atoms with van der Waals surface area (Å²) in [5.41, 5.74) is -0.0428. The second-order valence-corrected chi connectivity index (χ2v) is 5.74. The summed E-state index contributed by atoms with van der Waals surface area (Å²) < 4.78 is 27.4. The normalized spacial score (nSPS) is 12.8. The maximum atomic E-state index is 13.5. The minimum absolute atomic E-state index is 0.0428. The van der Waals surface area contributed by atoms with Crippen molar-refractivity contribution in [3.05, 3.63) is 55.7 Å². The summed E-state index contributed by atoms with van der Waals surface area (Å²) >= 11 is 4.67. The number of aliphatic hydroxyl groups is 1. The molecule has 0 saturated carbocycles. The molecule has 1 heterocycles. The van der Waals surface area contributed by atoms with Gasteiger partial charge in [-0.15, -0.1) is 11.3 Å². The molecule has 1 atom stereocenters. The zero-order valence-electron chi connectivity index (χ0n) is 8.88. The van der Waals surface area contributed by atoms with Gasteiger partial charge in [0.05, 0.1) is 0 Å². The van der Waals surface area contributed by atoms with Crippen LogP contribution in [-0.2, 0) is 0 Å². The maximum Gasteiger partial charge on any atom is 0.164 e. The molecule has 0 radical (unpaired) electrons. The second kappa shape index (κ2) is 4.84. The summed E-state index contributed by atoms with van der Waals surface area (Å²) in [6.45, 7) is 1.88. The number of halogens is 3. The van der Waals surface area contributed by atoms with E-state index < -0.39 is 17.7 Å². The highest BCUT2D eigenvalue weighted by atomic mass is 79.9. The quantitative estimate of drug-likeness (QED) is 0.880. The van der Waals surface area contributed by atoms with Gasteiger partial charge in [0, 0.05) is 19.8 Å². The van der Waals surface area contributed by atoms with E-state index in [0.717, 1.165) is 15.4 Å². The average molecular weight is 319 g/mol. The van der Waals surface area contributed by atoms with Crippen molar-refractivity contribution in [2.45, 2.75) is 13.0 Å². The molecular weight excluding hydrogens is 310 g/mol. The number of rotatable bonds is 2. The zero-order chi connectivity index (χ0) is 12.6. The van der Waals surface area contributed by atoms with Crippen LogP contribution in [0.3, 0.4) is 0 Å². The SMILES string of the molecule is Cc1sc(C(O)c2cccc(F)c2F)cc1Br. The standard InChI is InChI=1S/C12H9BrF2OS/c1-6-8(13)5-10(17-6)12(16)7-3-2-4-9(14)11(7)15/h2-5,12,16H,1H3. The van der Waals surface area contributed by atoms with Crippen LogP contribution in [0.2, 0.25) is 0 Å². The van der Waals surface area contributed by atoms with E-state index in [1.165, 1.54) is 23.5 Å². The van der Waals surface area contributed by atoms with Gasteiger partial charge in [-0.3, -0.25) is 0 Å². The molecule has 5 heteroatoms. The lowest BCUT2D eigenvalue weighted by atomic mass is 10.1. The zero-order valence-corrected chi connectivity index (χ0v) is 11.3. The van der Waals surface area contributed by atoms with Gasteiger partial charge in [0.15, 0.2) is 11.6 Å². The molecule has 1 nitrogen and oxygen atoms in total. The van der Waals surface area contributed by atoms with E-state index in [4.69, 9.17) is 0 Å². The number of aliphatic hydroxyl groups excluding tert-OH is 1. The molecule has 0 fully saturated rings. The Hall–Kier alpha value is -0.780. The monoisotopic (exact) mass is 318 g/mol. The summed E-state index contributed by atoms with van der Waals surface area (Å²) in [5.74, 6) is -1.95. The Balaban J connectivity index is 2.43. The predicted octanol–water partition coefficient (Wildman–Crippen LogP) is 4.18. The minimum atomic E-state index is -1.14. The van der Waals surface area contributed by atoms with Crippen LogP contribution in [0.1, 0.15) is 21.4 Å². The van der Waals surface area contributed by atoms with Crippen molar-refractivity contribution in [3.8, 4) is 0 Å². The number of benzene rings is 1. The fourth-order valence-electron chi connectivity index (χ4n) is 1.50. The highest BCUT2D eigenvalue weighted by molar-refractivity contribution is 9.10. The van der Waals surface area contributed by atoms with Gasteiger partial charge in [0.25, 0.3) is 0 Å². The van der Waals surface area contributed by atoms with Crippen molar-refractivity contribution in [3.63, 3.8) is 0 Å². The average Bonchev–Trinajstić information content (AvgIpc) is 2.62. The minimum Gasteiger partial charge on any atom is -0.383 e. The Morgan fingerprint density at radius 1 is 1.35 bits per heavy atom. The lowest BCUT2D eigenvalue weighted by Crippen LogP contribution is -2.02. The van der Waals surface area contributed by atoms with Crippen molar-refractivity contribution in [2.75, 3.05) is 0 Å². The van der Waals surface area contributed by atoms with Crippen LogP contribution in [0, 0.1) is 18.6 Å². The number of aryl methyl sites for hydroxylation is 1. The molecule has 2 rings (SSSR count). The number of hydrogen-bond acceptors (Lipinski definition) is 2. The molecule has 0 aliphatic rings. The lowest BCUT2D eigenvalue weighted by molar-refractivity contribution is 0.217. The fourth-order valence-corrected chi connectivity index (χ4v) is 3.07. The van der Waals surface area contributed by atoms with E-state index in [1.807, 2.05) is 6.92 Å². The molecule has 1 N–H and O–H groups in total. The Bertz CT molecular complexity index is 534. The molecule has 1 aromatic carbocycles. The Morgan fingerprint density at radius 3 is 2.65 bits per heavy atom. The van der Waals surface area contributed by atoms with Gasteiger partial charge in [0.1, 0.15) is 6.10 Å². The third-order valence-electron chi connectivity index (χ3n) is 2.42. The van der Waals surface area contributed by atoms with Crippen LogP contribution in [0.25, 0.3) is 0 Å². The van der Waals surface area contributed by atoms with Crippen molar-refractivity contribution in [1.82, 2.24) is 0 Å². The first-order valence-electron chi connectivity index (χ1n) is 4.88. The van der Waals surface area contributed by atoms with Gasteiger partial charge in [-0.25, -0.2) is 8.78 Å². The molecule has 0 aliphatic heterocycles. The Morgan fingerprint density at radius 2 is 2.06 bits per heavy atom. The third kappa shape index (κ3) is 2.41. The molecule has 1 aromatic heterocycles. The summed E-state index contributed by atoms with van der Waals surface area (Å²) in [5, 5.41) is 10.0. The van der Waals surface area contributed by atoms with Crippen molar-refractivity contribution >= 4 is 27.3 Å².